The fourth-order valence-corrected chi connectivity index (χ4v) is 1.26. The summed E-state index contributed by atoms with van der Waals surface area (Å²) in [4.78, 5) is 10.6. The maximum Gasteiger partial charge on any atom is 1.00 e. The standard InChI is InChI=1S/C7H12N4S2.Na/c1-2-3-4-8-5-9-6(12)11-7(13)10-5;/h2-4H2,1H3,(H3,8,9,10,11,12,13);/q;+1/p-1. The predicted octanol–water partition coefficient (Wildman–Crippen LogP) is -1.34. The van der Waals surface area contributed by atoms with Gasteiger partial charge in [-0.05, 0) is 23.8 Å². The molecular weight excluding hydrogens is 227 g/mol. The second-order valence-electron chi connectivity index (χ2n) is 2.57. The van der Waals surface area contributed by atoms with Crippen LogP contribution in [0.25, 0.3) is 0 Å². The number of nitrogens with one attached hydrogen (secondary N) is 2. The Morgan fingerprint density at radius 2 is 2.21 bits per heavy atom. The molecule has 0 aliphatic carbocycles. The molecule has 0 fully saturated rings. The van der Waals surface area contributed by atoms with E-state index in [-0.39, 0.29) is 34.3 Å². The van der Waals surface area contributed by atoms with Gasteiger partial charge in [0.1, 0.15) is 0 Å². The minimum atomic E-state index is 0. The molecule has 72 valence electrons. The molecule has 1 aromatic rings. The van der Waals surface area contributed by atoms with Crippen LogP contribution in [0.1, 0.15) is 19.8 Å². The second-order valence-corrected chi connectivity index (χ2v) is 3.32. The van der Waals surface area contributed by atoms with E-state index < -0.39 is 0 Å². The number of H-pyrrole nitrogens is 1. The van der Waals surface area contributed by atoms with Gasteiger partial charge in [-0.15, -0.1) is 0 Å². The van der Waals surface area contributed by atoms with E-state index >= 15 is 0 Å². The quantitative estimate of drug-likeness (QED) is 0.294. The molecule has 0 unspecified atom stereocenters. The van der Waals surface area contributed by atoms with Crippen molar-refractivity contribution in [3.8, 4) is 0 Å². The fourth-order valence-electron chi connectivity index (χ4n) is 0.832. The van der Waals surface area contributed by atoms with E-state index in [2.05, 4.69) is 27.2 Å². The van der Waals surface area contributed by atoms with Gasteiger partial charge in [0.2, 0.25) is 10.7 Å². The smallest absolute Gasteiger partial charge is 0.742 e. The number of hydrogen-bond donors (Lipinski definition) is 2. The van der Waals surface area contributed by atoms with Crippen molar-refractivity contribution < 1.29 is 29.6 Å². The Morgan fingerprint density at radius 3 is 2.79 bits per heavy atom. The molecule has 0 bridgehead atoms. The van der Waals surface area contributed by atoms with Crippen LogP contribution in [0.3, 0.4) is 0 Å². The van der Waals surface area contributed by atoms with Crippen LogP contribution in [0, 0.1) is 4.77 Å². The van der Waals surface area contributed by atoms with Gasteiger partial charge in [0.25, 0.3) is 0 Å². The van der Waals surface area contributed by atoms with Crippen LogP contribution >= 0.6 is 12.2 Å². The zero-order valence-electron chi connectivity index (χ0n) is 8.33. The summed E-state index contributed by atoms with van der Waals surface area (Å²) in [6.45, 7) is 3.00. The molecule has 1 rings (SSSR count). The van der Waals surface area contributed by atoms with Crippen molar-refractivity contribution in [1.82, 2.24) is 15.0 Å². The van der Waals surface area contributed by atoms with Crippen molar-refractivity contribution in [3.05, 3.63) is 4.77 Å². The molecule has 7 heteroatoms. The molecule has 0 radical (unpaired) electrons. The Labute approximate surface area is 116 Å². The molecule has 4 nitrogen and oxygen atoms in total. The third kappa shape index (κ3) is 5.21. The van der Waals surface area contributed by atoms with E-state index in [1.54, 1.807) is 0 Å². The molecule has 0 atom stereocenters. The van der Waals surface area contributed by atoms with Crippen molar-refractivity contribution in [2.75, 3.05) is 11.9 Å². The van der Waals surface area contributed by atoms with E-state index in [0.717, 1.165) is 19.4 Å². The van der Waals surface area contributed by atoms with Crippen LogP contribution in [0.15, 0.2) is 5.16 Å². The summed E-state index contributed by atoms with van der Waals surface area (Å²) < 4.78 is 0.280. The fraction of sp³-hybridized carbons (Fsp3) is 0.571. The summed E-state index contributed by atoms with van der Waals surface area (Å²) in [7, 11) is 0. The Balaban J connectivity index is 0.00000169. The summed E-state index contributed by atoms with van der Waals surface area (Å²) in [6, 6.07) is 0. The van der Waals surface area contributed by atoms with E-state index in [1.807, 2.05) is 0 Å². The molecule has 1 heterocycles. The minimum Gasteiger partial charge on any atom is -0.742 e. The monoisotopic (exact) mass is 238 g/mol. The summed E-state index contributed by atoms with van der Waals surface area (Å²) in [5, 5.41) is 3.46. The first kappa shape index (κ1) is 14.2. The van der Waals surface area contributed by atoms with Crippen LogP contribution in [-0.2, 0) is 12.6 Å². The number of rotatable bonds is 4. The van der Waals surface area contributed by atoms with Crippen molar-refractivity contribution in [1.29, 1.82) is 0 Å². The number of unbranched alkanes of at least 4 members (excludes halogenated alkanes) is 1. The van der Waals surface area contributed by atoms with E-state index in [9.17, 15) is 0 Å². The minimum absolute atomic E-state index is 0. The summed E-state index contributed by atoms with van der Waals surface area (Å²) in [5.41, 5.74) is 0. The maximum atomic E-state index is 4.85. The Morgan fingerprint density at radius 1 is 1.50 bits per heavy atom. The number of aromatic nitrogens is 3. The molecule has 2 N–H and O–H groups in total. The van der Waals surface area contributed by atoms with Crippen molar-refractivity contribution in [2.24, 2.45) is 0 Å². The predicted molar refractivity (Wildman–Crippen MR) is 56.2 cm³/mol. The van der Waals surface area contributed by atoms with Crippen LogP contribution in [0.5, 0.6) is 0 Å². The first-order valence-electron chi connectivity index (χ1n) is 4.11. The van der Waals surface area contributed by atoms with Gasteiger partial charge >= 0.3 is 29.6 Å². The molecule has 0 aliphatic rings. The molecule has 14 heavy (non-hydrogen) atoms. The van der Waals surface area contributed by atoms with Crippen LogP contribution in [0.4, 0.5) is 5.95 Å². The molecule has 0 aromatic carbocycles. The van der Waals surface area contributed by atoms with Gasteiger partial charge in [-0.25, -0.2) is 4.98 Å². The molecule has 0 spiro atoms. The Kier molecular flexibility index (Phi) is 7.66. The van der Waals surface area contributed by atoms with E-state index in [4.69, 9.17) is 24.8 Å². The maximum absolute atomic E-state index is 4.85. The summed E-state index contributed by atoms with van der Waals surface area (Å²) >= 11 is 9.67. The molecule has 0 saturated carbocycles. The molecule has 0 aliphatic heterocycles. The molecule has 0 amide bonds. The van der Waals surface area contributed by atoms with Crippen LogP contribution < -0.4 is 34.9 Å². The van der Waals surface area contributed by atoms with Gasteiger partial charge in [-0.1, -0.05) is 13.3 Å². The van der Waals surface area contributed by atoms with Crippen LogP contribution in [-0.4, -0.2) is 21.5 Å². The van der Waals surface area contributed by atoms with E-state index in [0.29, 0.717) is 11.1 Å². The third-order valence-electron chi connectivity index (χ3n) is 1.45. The van der Waals surface area contributed by atoms with Gasteiger partial charge in [0.15, 0.2) is 0 Å². The second kappa shape index (κ2) is 7.53. The summed E-state index contributed by atoms with van der Waals surface area (Å²) in [5.74, 6) is 0.610. The van der Waals surface area contributed by atoms with Crippen molar-refractivity contribution in [3.63, 3.8) is 0 Å². The zero-order valence-corrected chi connectivity index (χ0v) is 12.0. The van der Waals surface area contributed by atoms with Gasteiger partial charge in [-0.2, -0.15) is 4.98 Å². The first-order valence-corrected chi connectivity index (χ1v) is 4.93. The molecular formula is C7H11N4NaS2. The molecule has 0 saturated heterocycles. The topological polar surface area (TPSA) is 53.6 Å². The summed E-state index contributed by atoms with van der Waals surface area (Å²) in [6.07, 6.45) is 2.23. The number of aromatic amines is 1. The number of nitrogens with zero attached hydrogens (tertiary/aromatic N) is 2. The van der Waals surface area contributed by atoms with Crippen LogP contribution in [0.2, 0.25) is 0 Å². The van der Waals surface area contributed by atoms with E-state index in [1.165, 1.54) is 0 Å². The SMILES string of the molecule is CCCCNc1nc(=S)nc([S-])[nH]1.[Na+]. The van der Waals surface area contributed by atoms with Gasteiger partial charge < -0.3 is 22.9 Å². The Bertz CT molecular complexity index is 328. The van der Waals surface area contributed by atoms with Crippen molar-refractivity contribution in [2.45, 2.75) is 24.9 Å². The first-order chi connectivity index (χ1) is 6.22. The third-order valence-corrected chi connectivity index (χ3v) is 1.83. The average molecular weight is 238 g/mol. The van der Waals surface area contributed by atoms with Gasteiger partial charge in [0.05, 0.1) is 0 Å². The van der Waals surface area contributed by atoms with Crippen molar-refractivity contribution >= 4 is 30.8 Å². The average Bonchev–Trinajstić information content (AvgIpc) is 2.03. The molecule has 1 aromatic heterocycles. The van der Waals surface area contributed by atoms with Gasteiger partial charge in [0, 0.05) is 6.54 Å². The zero-order chi connectivity index (χ0) is 9.68. The Hall–Kier alpha value is 0.250. The number of hydrogen-bond acceptors (Lipinski definition) is 5. The number of anilines is 1. The largest absolute Gasteiger partial charge is 1.00 e. The van der Waals surface area contributed by atoms with Gasteiger partial charge in [-0.3, -0.25) is 0 Å². The normalized spacial score (nSPS) is 9.21.